The first-order chi connectivity index (χ1) is 6.92. The third-order valence-corrected chi connectivity index (χ3v) is 2.31. The maximum atomic E-state index is 11.7. The largest absolute Gasteiger partial charge is 0.460 e. The maximum Gasteiger partial charge on any atom is 0.309 e. The Morgan fingerprint density at radius 3 is 2.73 bits per heavy atom. The van der Waals surface area contributed by atoms with Crippen LogP contribution < -0.4 is 0 Å². The van der Waals surface area contributed by atoms with Crippen molar-refractivity contribution in [3.63, 3.8) is 0 Å². The monoisotopic (exact) mass is 216 g/mol. The van der Waals surface area contributed by atoms with Crippen molar-refractivity contribution in [3.8, 4) is 0 Å². The fourth-order valence-electron chi connectivity index (χ4n) is 1.61. The van der Waals surface area contributed by atoms with E-state index in [1.807, 2.05) is 20.8 Å². The minimum absolute atomic E-state index is 0.0285. The molecule has 0 bridgehead atoms. The first-order valence-electron chi connectivity index (χ1n) is 5.37. The van der Waals surface area contributed by atoms with Gasteiger partial charge in [0.15, 0.2) is 0 Å². The summed E-state index contributed by atoms with van der Waals surface area (Å²) in [4.78, 5) is 11.7. The molecule has 1 unspecified atom stereocenters. The molecule has 0 saturated carbocycles. The van der Waals surface area contributed by atoms with Gasteiger partial charge in [0.1, 0.15) is 5.60 Å². The summed E-state index contributed by atoms with van der Waals surface area (Å²) in [5.74, 6) is -0.306. The molecule has 0 aromatic carbocycles. The Bertz CT molecular complexity index is 219. The average Bonchev–Trinajstić information content (AvgIpc) is 2.15. The molecule has 1 aliphatic rings. The molecule has 0 aromatic heterocycles. The van der Waals surface area contributed by atoms with E-state index in [0.29, 0.717) is 19.4 Å². The molecule has 15 heavy (non-hydrogen) atoms. The van der Waals surface area contributed by atoms with E-state index in [9.17, 15) is 4.79 Å². The second-order valence-corrected chi connectivity index (χ2v) is 4.93. The van der Waals surface area contributed by atoms with Crippen molar-refractivity contribution < 1.29 is 19.4 Å². The minimum Gasteiger partial charge on any atom is -0.460 e. The normalized spacial score (nSPS) is 27.5. The lowest BCUT2D eigenvalue weighted by molar-refractivity contribution is -0.165. The van der Waals surface area contributed by atoms with Crippen molar-refractivity contribution in [2.75, 3.05) is 13.2 Å². The van der Waals surface area contributed by atoms with Crippen LogP contribution in [-0.2, 0) is 14.3 Å². The number of carbonyl (C=O) groups is 1. The molecule has 2 atom stereocenters. The van der Waals surface area contributed by atoms with Crippen molar-refractivity contribution in [2.24, 2.45) is 5.92 Å². The van der Waals surface area contributed by atoms with Gasteiger partial charge in [0, 0.05) is 6.61 Å². The second-order valence-electron chi connectivity index (χ2n) is 4.93. The van der Waals surface area contributed by atoms with Gasteiger partial charge in [-0.15, -0.1) is 0 Å². The van der Waals surface area contributed by atoms with Gasteiger partial charge < -0.3 is 14.6 Å². The van der Waals surface area contributed by atoms with Gasteiger partial charge in [-0.2, -0.15) is 0 Å². The van der Waals surface area contributed by atoms with E-state index in [-0.39, 0.29) is 24.6 Å². The van der Waals surface area contributed by atoms with Gasteiger partial charge in [0.05, 0.1) is 18.6 Å². The van der Waals surface area contributed by atoms with E-state index < -0.39 is 5.60 Å². The summed E-state index contributed by atoms with van der Waals surface area (Å²) in [6, 6.07) is 0. The highest BCUT2D eigenvalue weighted by Crippen LogP contribution is 2.23. The van der Waals surface area contributed by atoms with E-state index in [0.717, 1.165) is 0 Å². The molecule has 1 aliphatic heterocycles. The molecular weight excluding hydrogens is 196 g/mol. The van der Waals surface area contributed by atoms with Gasteiger partial charge in [0.2, 0.25) is 0 Å². The molecule has 1 rings (SSSR count). The molecule has 4 nitrogen and oxygen atoms in total. The van der Waals surface area contributed by atoms with Crippen LogP contribution in [0.5, 0.6) is 0 Å². The first-order valence-corrected chi connectivity index (χ1v) is 5.37. The molecule has 1 saturated heterocycles. The Morgan fingerprint density at radius 2 is 2.20 bits per heavy atom. The molecular formula is C11H20O4. The van der Waals surface area contributed by atoms with Crippen LogP contribution in [0.1, 0.15) is 33.6 Å². The lowest BCUT2D eigenvalue weighted by atomic mass is 9.95. The third kappa shape index (κ3) is 4.18. The first kappa shape index (κ1) is 12.5. The number of hydrogen-bond acceptors (Lipinski definition) is 4. The maximum absolute atomic E-state index is 11.7. The number of aliphatic hydroxyl groups excluding tert-OH is 1. The van der Waals surface area contributed by atoms with Crippen molar-refractivity contribution in [1.82, 2.24) is 0 Å². The summed E-state index contributed by atoms with van der Waals surface area (Å²) in [5.41, 5.74) is -0.440. The van der Waals surface area contributed by atoms with Crippen LogP contribution in [0.25, 0.3) is 0 Å². The fraction of sp³-hybridized carbons (Fsp3) is 0.909. The quantitative estimate of drug-likeness (QED) is 0.703. The predicted octanol–water partition coefficient (Wildman–Crippen LogP) is 1.12. The zero-order chi connectivity index (χ0) is 11.5. The van der Waals surface area contributed by atoms with Crippen molar-refractivity contribution in [3.05, 3.63) is 0 Å². The average molecular weight is 216 g/mol. The Kier molecular flexibility index (Phi) is 4.11. The van der Waals surface area contributed by atoms with E-state index in [1.54, 1.807) is 0 Å². The number of carbonyl (C=O) groups excluding carboxylic acids is 1. The van der Waals surface area contributed by atoms with Crippen LogP contribution in [0.15, 0.2) is 0 Å². The highest BCUT2D eigenvalue weighted by molar-refractivity contribution is 5.73. The fourth-order valence-corrected chi connectivity index (χ4v) is 1.61. The predicted molar refractivity (Wildman–Crippen MR) is 55.4 cm³/mol. The molecule has 0 aromatic rings. The molecule has 1 fully saturated rings. The molecule has 0 radical (unpaired) electrons. The lowest BCUT2D eigenvalue weighted by Gasteiger charge is -2.29. The van der Waals surface area contributed by atoms with Crippen LogP contribution in [-0.4, -0.2) is 36.0 Å². The summed E-state index contributed by atoms with van der Waals surface area (Å²) in [7, 11) is 0. The minimum atomic E-state index is -0.440. The number of aliphatic hydroxyl groups is 1. The lowest BCUT2D eigenvalue weighted by Crippen LogP contribution is -2.36. The Balaban J connectivity index is 2.45. The smallest absolute Gasteiger partial charge is 0.309 e. The van der Waals surface area contributed by atoms with E-state index in [2.05, 4.69) is 0 Å². The molecule has 1 N–H and O–H groups in total. The highest BCUT2D eigenvalue weighted by Gasteiger charge is 2.30. The van der Waals surface area contributed by atoms with Crippen molar-refractivity contribution >= 4 is 5.97 Å². The zero-order valence-corrected chi connectivity index (χ0v) is 9.66. The third-order valence-electron chi connectivity index (χ3n) is 2.31. The summed E-state index contributed by atoms with van der Waals surface area (Å²) in [6.07, 6.45) is 1.04. The van der Waals surface area contributed by atoms with Gasteiger partial charge in [-0.25, -0.2) is 0 Å². The van der Waals surface area contributed by atoms with Crippen molar-refractivity contribution in [2.45, 2.75) is 45.3 Å². The number of rotatable bonds is 2. The van der Waals surface area contributed by atoms with E-state index in [1.165, 1.54) is 0 Å². The van der Waals surface area contributed by atoms with Gasteiger partial charge in [0.25, 0.3) is 0 Å². The Hall–Kier alpha value is -0.610. The second kappa shape index (κ2) is 4.94. The molecule has 0 amide bonds. The van der Waals surface area contributed by atoms with Crippen molar-refractivity contribution in [1.29, 1.82) is 0 Å². The van der Waals surface area contributed by atoms with Gasteiger partial charge >= 0.3 is 5.97 Å². The molecule has 0 aliphatic carbocycles. The van der Waals surface area contributed by atoms with Gasteiger partial charge in [-0.1, -0.05) is 0 Å². The summed E-state index contributed by atoms with van der Waals surface area (Å²) >= 11 is 0. The number of hydrogen-bond donors (Lipinski definition) is 1. The molecule has 1 heterocycles. The Labute approximate surface area is 90.6 Å². The van der Waals surface area contributed by atoms with Crippen LogP contribution in [0.2, 0.25) is 0 Å². The van der Waals surface area contributed by atoms with E-state index >= 15 is 0 Å². The topological polar surface area (TPSA) is 55.8 Å². The van der Waals surface area contributed by atoms with Gasteiger partial charge in [-0.3, -0.25) is 4.79 Å². The number of ether oxygens (including phenoxy) is 2. The molecule has 4 heteroatoms. The van der Waals surface area contributed by atoms with Crippen LogP contribution in [0.4, 0.5) is 0 Å². The number of esters is 1. The zero-order valence-electron chi connectivity index (χ0n) is 9.66. The molecule has 88 valence electrons. The Morgan fingerprint density at radius 1 is 1.53 bits per heavy atom. The van der Waals surface area contributed by atoms with Crippen LogP contribution >= 0.6 is 0 Å². The van der Waals surface area contributed by atoms with Crippen LogP contribution in [0, 0.1) is 5.92 Å². The standard InChI is InChI=1S/C11H20O4/c1-11(2,3)15-10(13)8-4-5-14-9(6-8)7-12/h8-9,12H,4-7H2,1-3H3/t8?,9-/m1/s1. The van der Waals surface area contributed by atoms with Crippen LogP contribution in [0.3, 0.4) is 0 Å². The SMILES string of the molecule is CC(C)(C)OC(=O)C1CCO[C@@H](CO)C1. The summed E-state index contributed by atoms with van der Waals surface area (Å²) in [6.45, 7) is 6.06. The summed E-state index contributed by atoms with van der Waals surface area (Å²) in [5, 5.41) is 8.95. The summed E-state index contributed by atoms with van der Waals surface area (Å²) < 4.78 is 10.6. The van der Waals surface area contributed by atoms with Gasteiger partial charge in [-0.05, 0) is 33.6 Å². The molecule has 0 spiro atoms. The highest BCUT2D eigenvalue weighted by atomic mass is 16.6. The van der Waals surface area contributed by atoms with E-state index in [4.69, 9.17) is 14.6 Å².